The molecule has 4 rings (SSSR count). The number of hydrogen-bond donors (Lipinski definition) is 0. The minimum Gasteiger partial charge on any atom is -0.342 e. The van der Waals surface area contributed by atoms with Gasteiger partial charge in [-0.25, -0.2) is 0 Å². The molecule has 0 spiro atoms. The van der Waals surface area contributed by atoms with E-state index >= 15 is 0 Å². The summed E-state index contributed by atoms with van der Waals surface area (Å²) in [6.07, 6.45) is 1.20. The lowest BCUT2D eigenvalue weighted by molar-refractivity contribution is -0.127. The third-order valence-corrected chi connectivity index (χ3v) is 5.47. The molecule has 2 aromatic carbocycles. The summed E-state index contributed by atoms with van der Waals surface area (Å²) in [5.41, 5.74) is 2.04. The number of amides is 1. The van der Waals surface area contributed by atoms with Crippen molar-refractivity contribution in [2.75, 3.05) is 13.1 Å². The van der Waals surface area contributed by atoms with E-state index in [0.717, 1.165) is 22.0 Å². The van der Waals surface area contributed by atoms with Crippen LogP contribution in [0.3, 0.4) is 0 Å². The first kappa shape index (κ1) is 18.2. The van der Waals surface area contributed by atoms with Gasteiger partial charge in [-0.3, -0.25) is 4.79 Å². The Bertz CT molecular complexity index is 941. The first-order chi connectivity index (χ1) is 13.1. The Balaban J connectivity index is 1.40. The van der Waals surface area contributed by atoms with Gasteiger partial charge in [0.1, 0.15) is 0 Å². The van der Waals surface area contributed by atoms with Crippen molar-refractivity contribution < 1.29 is 9.32 Å². The lowest BCUT2D eigenvalue weighted by Gasteiger charge is -2.15. The molecule has 1 saturated heterocycles. The van der Waals surface area contributed by atoms with E-state index in [0.29, 0.717) is 36.2 Å². The number of likely N-dealkylation sites (tertiary alicyclic amines) is 1. The zero-order chi connectivity index (χ0) is 18.8. The van der Waals surface area contributed by atoms with Crippen LogP contribution in [0.25, 0.3) is 11.4 Å². The van der Waals surface area contributed by atoms with Gasteiger partial charge in [-0.15, -0.1) is 0 Å². The van der Waals surface area contributed by atoms with Gasteiger partial charge in [0.15, 0.2) is 0 Å². The van der Waals surface area contributed by atoms with E-state index in [1.165, 1.54) is 0 Å². The number of aromatic nitrogens is 2. The number of halogens is 2. The highest BCUT2D eigenvalue weighted by Gasteiger charge is 2.34. The average molecular weight is 447 g/mol. The van der Waals surface area contributed by atoms with Crippen molar-refractivity contribution in [3.8, 4) is 11.4 Å². The summed E-state index contributed by atoms with van der Waals surface area (Å²) in [4.78, 5) is 18.7. The van der Waals surface area contributed by atoms with Crippen LogP contribution in [0.2, 0.25) is 5.02 Å². The summed E-state index contributed by atoms with van der Waals surface area (Å²) < 4.78 is 6.43. The largest absolute Gasteiger partial charge is 0.342 e. The minimum atomic E-state index is -0.0561. The topological polar surface area (TPSA) is 59.2 Å². The molecule has 1 atom stereocenters. The molecular formula is C20H17BrClN3O2. The highest BCUT2D eigenvalue weighted by molar-refractivity contribution is 9.10. The summed E-state index contributed by atoms with van der Waals surface area (Å²) in [5.74, 6) is 1.14. The molecule has 7 heteroatoms. The minimum absolute atomic E-state index is 0.0561. The molecule has 0 N–H and O–H groups in total. The zero-order valence-electron chi connectivity index (χ0n) is 14.4. The third-order valence-electron chi connectivity index (χ3n) is 4.69. The van der Waals surface area contributed by atoms with E-state index < -0.39 is 0 Å². The van der Waals surface area contributed by atoms with E-state index in [1.807, 2.05) is 53.4 Å². The molecule has 0 aliphatic carbocycles. The number of carbonyl (C=O) groups excluding carboxylic acids is 1. The molecule has 5 nitrogen and oxygen atoms in total. The molecule has 1 amide bonds. The van der Waals surface area contributed by atoms with Crippen LogP contribution in [0, 0.1) is 0 Å². The van der Waals surface area contributed by atoms with E-state index in [1.54, 1.807) is 0 Å². The standard InChI is InChI=1S/C20H17BrClN3O2/c21-16-5-3-14(4-6-16)19-23-20(27-24-19)15-11-18(26)25(12-15)10-9-13-1-7-17(22)8-2-13/h1-8,15H,9-12H2. The van der Waals surface area contributed by atoms with Gasteiger partial charge in [0, 0.05) is 34.6 Å². The van der Waals surface area contributed by atoms with Gasteiger partial charge in [-0.05, 0) is 48.4 Å². The summed E-state index contributed by atoms with van der Waals surface area (Å²) in [5, 5.41) is 4.79. The lowest BCUT2D eigenvalue weighted by atomic mass is 10.1. The quantitative estimate of drug-likeness (QED) is 0.569. The third kappa shape index (κ3) is 4.22. The van der Waals surface area contributed by atoms with Gasteiger partial charge in [0.25, 0.3) is 0 Å². The number of hydrogen-bond acceptors (Lipinski definition) is 4. The van der Waals surface area contributed by atoms with Crippen LogP contribution in [-0.4, -0.2) is 34.0 Å². The van der Waals surface area contributed by atoms with Crippen molar-refractivity contribution in [3.63, 3.8) is 0 Å². The number of benzene rings is 2. The van der Waals surface area contributed by atoms with Crippen molar-refractivity contribution in [2.45, 2.75) is 18.8 Å². The highest BCUT2D eigenvalue weighted by atomic mass is 79.9. The highest BCUT2D eigenvalue weighted by Crippen LogP contribution is 2.29. The van der Waals surface area contributed by atoms with Gasteiger partial charge in [0.2, 0.25) is 17.6 Å². The fourth-order valence-corrected chi connectivity index (χ4v) is 3.58. The smallest absolute Gasteiger partial charge is 0.232 e. The SMILES string of the molecule is O=C1CC(c2nc(-c3ccc(Br)cc3)no2)CN1CCc1ccc(Cl)cc1. The average Bonchev–Trinajstić information content (AvgIpc) is 3.29. The van der Waals surface area contributed by atoms with Crippen LogP contribution in [0.4, 0.5) is 0 Å². The van der Waals surface area contributed by atoms with E-state index in [4.69, 9.17) is 16.1 Å². The Morgan fingerprint density at radius 2 is 1.89 bits per heavy atom. The Morgan fingerprint density at radius 3 is 2.63 bits per heavy atom. The predicted molar refractivity (Wildman–Crippen MR) is 107 cm³/mol. The van der Waals surface area contributed by atoms with E-state index in [2.05, 4.69) is 26.1 Å². The molecule has 2 heterocycles. The molecule has 0 bridgehead atoms. The number of nitrogens with zero attached hydrogens (tertiary/aromatic N) is 3. The molecule has 0 saturated carbocycles. The Morgan fingerprint density at radius 1 is 1.15 bits per heavy atom. The van der Waals surface area contributed by atoms with Gasteiger partial charge in [0.05, 0.1) is 5.92 Å². The molecule has 138 valence electrons. The van der Waals surface area contributed by atoms with Crippen LogP contribution in [0.15, 0.2) is 57.5 Å². The fraction of sp³-hybridized carbons (Fsp3) is 0.250. The molecule has 1 aliphatic rings. The lowest BCUT2D eigenvalue weighted by Crippen LogP contribution is -2.27. The maximum Gasteiger partial charge on any atom is 0.232 e. The summed E-state index contributed by atoms with van der Waals surface area (Å²) in [6, 6.07) is 15.4. The Labute approximate surface area is 170 Å². The van der Waals surface area contributed by atoms with Crippen molar-refractivity contribution in [1.29, 1.82) is 0 Å². The zero-order valence-corrected chi connectivity index (χ0v) is 16.8. The van der Waals surface area contributed by atoms with Crippen molar-refractivity contribution >= 4 is 33.4 Å². The normalized spacial score (nSPS) is 16.9. The molecule has 0 radical (unpaired) electrons. The molecule has 3 aromatic rings. The maximum atomic E-state index is 12.4. The van der Waals surface area contributed by atoms with Gasteiger partial charge in [-0.2, -0.15) is 4.98 Å². The van der Waals surface area contributed by atoms with Crippen LogP contribution in [0.1, 0.15) is 23.8 Å². The van der Waals surface area contributed by atoms with E-state index in [9.17, 15) is 4.79 Å². The number of rotatable bonds is 5. The molecule has 27 heavy (non-hydrogen) atoms. The van der Waals surface area contributed by atoms with Gasteiger partial charge >= 0.3 is 0 Å². The molecule has 1 aliphatic heterocycles. The summed E-state index contributed by atoms with van der Waals surface area (Å²) >= 11 is 9.32. The Kier molecular flexibility index (Phi) is 5.27. The number of carbonyl (C=O) groups is 1. The van der Waals surface area contributed by atoms with Crippen molar-refractivity contribution in [3.05, 3.63) is 69.5 Å². The predicted octanol–water partition coefficient (Wildman–Crippen LogP) is 4.71. The second-order valence-electron chi connectivity index (χ2n) is 6.58. The fourth-order valence-electron chi connectivity index (χ4n) is 3.19. The first-order valence-electron chi connectivity index (χ1n) is 8.70. The van der Waals surface area contributed by atoms with Gasteiger partial charge < -0.3 is 9.42 Å². The van der Waals surface area contributed by atoms with E-state index in [-0.39, 0.29) is 11.8 Å². The molecule has 1 unspecified atom stereocenters. The monoisotopic (exact) mass is 445 g/mol. The maximum absolute atomic E-state index is 12.4. The van der Waals surface area contributed by atoms with Crippen LogP contribution >= 0.6 is 27.5 Å². The van der Waals surface area contributed by atoms with Gasteiger partial charge in [-0.1, -0.05) is 44.8 Å². The van der Waals surface area contributed by atoms with Crippen molar-refractivity contribution in [1.82, 2.24) is 15.0 Å². The molecule has 1 fully saturated rings. The Hall–Kier alpha value is -2.18. The first-order valence-corrected chi connectivity index (χ1v) is 9.87. The molecule has 1 aromatic heterocycles. The van der Waals surface area contributed by atoms with Crippen LogP contribution in [-0.2, 0) is 11.2 Å². The van der Waals surface area contributed by atoms with Crippen molar-refractivity contribution in [2.24, 2.45) is 0 Å². The molecular weight excluding hydrogens is 430 g/mol. The summed E-state index contributed by atoms with van der Waals surface area (Å²) in [6.45, 7) is 1.28. The second-order valence-corrected chi connectivity index (χ2v) is 7.93. The van der Waals surface area contributed by atoms with Crippen LogP contribution < -0.4 is 0 Å². The summed E-state index contributed by atoms with van der Waals surface area (Å²) in [7, 11) is 0. The van der Waals surface area contributed by atoms with Crippen LogP contribution in [0.5, 0.6) is 0 Å². The second kappa shape index (κ2) is 7.82.